The second-order valence-corrected chi connectivity index (χ2v) is 14.1. The Balaban J connectivity index is 1.22. The van der Waals surface area contributed by atoms with Crippen LogP contribution in [0.2, 0.25) is 0 Å². The van der Waals surface area contributed by atoms with Crippen LogP contribution in [0, 0.1) is 0 Å². The molecule has 0 saturated carbocycles. The quantitative estimate of drug-likeness (QED) is 0.174. The summed E-state index contributed by atoms with van der Waals surface area (Å²) in [4.78, 5) is 11.2. The van der Waals surface area contributed by atoms with Gasteiger partial charge in [-0.2, -0.15) is 0 Å². The average Bonchev–Trinajstić information content (AvgIpc) is 3.79. The average molecular weight is 688 g/mol. The Hall–Kier alpha value is -7.30. The van der Waals surface area contributed by atoms with E-state index >= 15 is 0 Å². The lowest BCUT2D eigenvalue weighted by Crippen LogP contribution is -2.04. The molecule has 0 fully saturated rings. The third-order valence-electron chi connectivity index (χ3n) is 11.2. The molecule has 0 N–H and O–H groups in total. The van der Waals surface area contributed by atoms with Crippen molar-refractivity contribution in [2.75, 3.05) is 0 Å². The zero-order chi connectivity index (χ0) is 35.3. The highest BCUT2D eigenvalue weighted by atomic mass is 16.3. The maximum absolute atomic E-state index is 6.34. The van der Waals surface area contributed by atoms with Crippen LogP contribution in [0.25, 0.3) is 115 Å². The first-order valence-electron chi connectivity index (χ1n) is 18.3. The Labute approximate surface area is 309 Å². The first kappa shape index (κ1) is 29.3. The third-order valence-corrected chi connectivity index (χ3v) is 11.2. The fraction of sp³-hybridized carbons (Fsp3) is 0. The van der Waals surface area contributed by atoms with Crippen molar-refractivity contribution in [3.63, 3.8) is 0 Å². The lowest BCUT2D eigenvalue weighted by Gasteiger charge is -2.16. The van der Waals surface area contributed by atoms with Crippen molar-refractivity contribution in [1.82, 2.24) is 14.5 Å². The Morgan fingerprint density at radius 3 is 1.81 bits per heavy atom. The van der Waals surface area contributed by atoms with E-state index in [9.17, 15) is 0 Å². The van der Waals surface area contributed by atoms with Gasteiger partial charge in [-0.3, -0.25) is 4.57 Å². The minimum Gasteiger partial charge on any atom is -0.456 e. The van der Waals surface area contributed by atoms with E-state index in [-0.39, 0.29) is 0 Å². The van der Waals surface area contributed by atoms with Gasteiger partial charge in [0.2, 0.25) is 5.95 Å². The molecule has 12 rings (SSSR count). The second kappa shape index (κ2) is 11.1. The van der Waals surface area contributed by atoms with E-state index in [1.54, 1.807) is 0 Å². The molecule has 0 radical (unpaired) electrons. The molecule has 4 heteroatoms. The molecule has 0 aliphatic rings. The predicted molar refractivity (Wildman–Crippen MR) is 225 cm³/mol. The summed E-state index contributed by atoms with van der Waals surface area (Å²) >= 11 is 0. The molecule has 250 valence electrons. The summed E-state index contributed by atoms with van der Waals surface area (Å²) in [6.45, 7) is 0. The number of aromatic nitrogens is 3. The van der Waals surface area contributed by atoms with Gasteiger partial charge < -0.3 is 4.42 Å². The highest BCUT2D eigenvalue weighted by molar-refractivity contribution is 6.27. The molecule has 0 unspecified atom stereocenters. The molecule has 0 saturated heterocycles. The molecule has 54 heavy (non-hydrogen) atoms. The summed E-state index contributed by atoms with van der Waals surface area (Å²) in [6.07, 6.45) is 0. The van der Waals surface area contributed by atoms with Crippen LogP contribution in [0.1, 0.15) is 0 Å². The van der Waals surface area contributed by atoms with Crippen molar-refractivity contribution in [2.24, 2.45) is 0 Å². The predicted octanol–water partition coefficient (Wildman–Crippen LogP) is 13.4. The van der Waals surface area contributed by atoms with Crippen LogP contribution in [-0.4, -0.2) is 14.5 Å². The smallest absolute Gasteiger partial charge is 0.235 e. The van der Waals surface area contributed by atoms with Crippen LogP contribution in [0.15, 0.2) is 180 Å². The summed E-state index contributed by atoms with van der Waals surface area (Å²) in [5, 5.41) is 12.5. The summed E-state index contributed by atoms with van der Waals surface area (Å²) in [5.41, 5.74) is 9.13. The number of furan rings is 1. The van der Waals surface area contributed by atoms with Crippen LogP contribution in [0.5, 0.6) is 0 Å². The minimum absolute atomic E-state index is 0.639. The SMILES string of the molecule is c1ccc(-c2ccc(-c3nc(-n4c5ccccc5c5cc6ccc7oc8ccccc8c7c6cc54)nc4c5ccccc5c5ccccc5c34)cc2)cc1. The van der Waals surface area contributed by atoms with Crippen molar-refractivity contribution in [3.8, 4) is 28.3 Å². The van der Waals surface area contributed by atoms with Crippen LogP contribution < -0.4 is 0 Å². The first-order valence-corrected chi connectivity index (χ1v) is 18.3. The van der Waals surface area contributed by atoms with E-state index in [0.29, 0.717) is 5.95 Å². The summed E-state index contributed by atoms with van der Waals surface area (Å²) < 4.78 is 8.60. The largest absolute Gasteiger partial charge is 0.456 e. The standard InChI is InChI=1S/C50H29N3O/c1-2-12-30(13-3-1)31-22-24-32(25-23-31)48-47-37-17-6-4-14-34(37)35-15-5-7-18-38(35)49(47)52-50(51-48)53-42-20-10-8-16-36(42)41-28-33-26-27-45-46(40(33)29-43(41)53)39-19-9-11-21-44(39)54-45/h1-29H. The van der Waals surface area contributed by atoms with Gasteiger partial charge in [0.15, 0.2) is 0 Å². The van der Waals surface area contributed by atoms with Gasteiger partial charge in [-0.05, 0) is 68.4 Å². The molecule has 12 aromatic rings. The van der Waals surface area contributed by atoms with Crippen molar-refractivity contribution in [2.45, 2.75) is 0 Å². The van der Waals surface area contributed by atoms with E-state index < -0.39 is 0 Å². The van der Waals surface area contributed by atoms with Crippen LogP contribution in [-0.2, 0) is 0 Å². The molecule has 0 aliphatic carbocycles. The molecular weight excluding hydrogens is 659 g/mol. The molecule has 0 aliphatic heterocycles. The van der Waals surface area contributed by atoms with Crippen LogP contribution in [0.4, 0.5) is 0 Å². The van der Waals surface area contributed by atoms with Gasteiger partial charge in [0.1, 0.15) is 11.2 Å². The van der Waals surface area contributed by atoms with E-state index in [1.165, 1.54) is 27.3 Å². The van der Waals surface area contributed by atoms with Crippen molar-refractivity contribution < 1.29 is 4.42 Å². The first-order chi connectivity index (χ1) is 26.8. The number of hydrogen-bond acceptors (Lipinski definition) is 3. The second-order valence-electron chi connectivity index (χ2n) is 14.1. The summed E-state index contributed by atoms with van der Waals surface area (Å²) in [7, 11) is 0. The Kier molecular flexibility index (Phi) is 6.02. The van der Waals surface area contributed by atoms with E-state index in [2.05, 4.69) is 168 Å². The lowest BCUT2D eigenvalue weighted by molar-refractivity contribution is 0.669. The van der Waals surface area contributed by atoms with Crippen molar-refractivity contribution in [3.05, 3.63) is 176 Å². The molecule has 9 aromatic carbocycles. The molecule has 0 atom stereocenters. The van der Waals surface area contributed by atoms with Gasteiger partial charge in [-0.25, -0.2) is 9.97 Å². The number of benzene rings is 9. The Morgan fingerprint density at radius 1 is 0.370 bits per heavy atom. The number of fused-ring (bicyclic) bond motifs is 14. The van der Waals surface area contributed by atoms with Gasteiger partial charge in [-0.1, -0.05) is 146 Å². The zero-order valence-corrected chi connectivity index (χ0v) is 29.0. The number of para-hydroxylation sites is 2. The van der Waals surface area contributed by atoms with Crippen LogP contribution in [0.3, 0.4) is 0 Å². The molecule has 0 amide bonds. The van der Waals surface area contributed by atoms with Gasteiger partial charge in [0.25, 0.3) is 0 Å². The Morgan fingerprint density at radius 2 is 1.00 bits per heavy atom. The summed E-state index contributed by atoms with van der Waals surface area (Å²) in [6, 6.07) is 62.4. The molecule has 0 bridgehead atoms. The molecule has 4 nitrogen and oxygen atoms in total. The van der Waals surface area contributed by atoms with Gasteiger partial charge >= 0.3 is 0 Å². The van der Waals surface area contributed by atoms with E-state index in [4.69, 9.17) is 14.4 Å². The Bertz CT molecular complexity index is 3490. The number of nitrogens with zero attached hydrogens (tertiary/aromatic N) is 3. The highest BCUT2D eigenvalue weighted by Crippen LogP contribution is 2.42. The fourth-order valence-corrected chi connectivity index (χ4v) is 8.75. The highest BCUT2D eigenvalue weighted by Gasteiger charge is 2.22. The molecule has 3 heterocycles. The maximum atomic E-state index is 6.34. The number of hydrogen-bond donors (Lipinski definition) is 0. The fourth-order valence-electron chi connectivity index (χ4n) is 8.75. The molecular formula is C50H29N3O. The summed E-state index contributed by atoms with van der Waals surface area (Å²) in [5.74, 6) is 0.639. The van der Waals surface area contributed by atoms with Crippen LogP contribution >= 0.6 is 0 Å². The normalized spacial score (nSPS) is 12.1. The van der Waals surface area contributed by atoms with E-state index in [1.807, 2.05) is 12.1 Å². The minimum atomic E-state index is 0.639. The lowest BCUT2D eigenvalue weighted by atomic mass is 9.94. The number of rotatable bonds is 3. The van der Waals surface area contributed by atoms with E-state index in [0.717, 1.165) is 82.1 Å². The van der Waals surface area contributed by atoms with Gasteiger partial charge in [-0.15, -0.1) is 0 Å². The van der Waals surface area contributed by atoms with Crippen molar-refractivity contribution in [1.29, 1.82) is 0 Å². The van der Waals surface area contributed by atoms with Gasteiger partial charge in [0, 0.05) is 37.9 Å². The maximum Gasteiger partial charge on any atom is 0.235 e. The third kappa shape index (κ3) is 4.13. The van der Waals surface area contributed by atoms with Crippen molar-refractivity contribution >= 4 is 87.0 Å². The van der Waals surface area contributed by atoms with Gasteiger partial charge in [0.05, 0.1) is 22.2 Å². The topological polar surface area (TPSA) is 43.9 Å². The molecule has 0 spiro atoms. The monoisotopic (exact) mass is 687 g/mol. The molecule has 3 aromatic heterocycles. The zero-order valence-electron chi connectivity index (χ0n) is 29.0.